The van der Waals surface area contributed by atoms with Crippen molar-refractivity contribution >= 4 is 28.7 Å². The summed E-state index contributed by atoms with van der Waals surface area (Å²) in [6.07, 6.45) is 3.70. The highest BCUT2D eigenvalue weighted by Gasteiger charge is 2.10. The number of H-pyrrole nitrogens is 1. The van der Waals surface area contributed by atoms with Crippen molar-refractivity contribution in [1.82, 2.24) is 9.97 Å². The quantitative estimate of drug-likeness (QED) is 0.765. The lowest BCUT2D eigenvalue weighted by Crippen LogP contribution is -2.10. The number of hydrogen-bond donors (Lipinski definition) is 1. The van der Waals surface area contributed by atoms with Crippen molar-refractivity contribution in [3.63, 3.8) is 0 Å². The van der Waals surface area contributed by atoms with Gasteiger partial charge in [0.05, 0.1) is 25.1 Å². The Balaban J connectivity index is 2.01. The molecule has 0 fully saturated rings. The van der Waals surface area contributed by atoms with Crippen molar-refractivity contribution in [2.75, 3.05) is 33.2 Å². The van der Waals surface area contributed by atoms with E-state index < -0.39 is 0 Å². The van der Waals surface area contributed by atoms with Gasteiger partial charge >= 0.3 is 0 Å². The summed E-state index contributed by atoms with van der Waals surface area (Å²) in [6.45, 7) is 0. The van der Waals surface area contributed by atoms with Crippen LogP contribution in [0, 0.1) is 0 Å². The van der Waals surface area contributed by atoms with Gasteiger partial charge in [-0.05, 0) is 29.8 Å². The molecule has 0 unspecified atom stereocenters. The Morgan fingerprint density at radius 2 is 1.77 bits per heavy atom. The molecule has 26 heavy (non-hydrogen) atoms. The summed E-state index contributed by atoms with van der Waals surface area (Å²) in [4.78, 5) is 21.7. The minimum atomic E-state index is -0.224. The molecule has 0 bridgehead atoms. The third-order valence-electron chi connectivity index (χ3n) is 4.05. The predicted octanol–water partition coefficient (Wildman–Crippen LogP) is 3.18. The molecule has 0 saturated carbocycles. The van der Waals surface area contributed by atoms with Crippen LogP contribution in [-0.2, 0) is 0 Å². The number of rotatable bonds is 5. The maximum Gasteiger partial charge on any atom is 0.259 e. The lowest BCUT2D eigenvalue weighted by molar-refractivity contribution is 0.355. The van der Waals surface area contributed by atoms with Crippen molar-refractivity contribution in [2.24, 2.45) is 0 Å². The zero-order valence-corrected chi connectivity index (χ0v) is 15.2. The number of nitrogens with zero attached hydrogens (tertiary/aromatic N) is 2. The maximum atomic E-state index is 12.4. The summed E-state index contributed by atoms with van der Waals surface area (Å²) in [6, 6.07) is 11.4. The molecular weight excluding hydrogens is 330 g/mol. The third kappa shape index (κ3) is 3.54. The fourth-order valence-electron chi connectivity index (χ4n) is 2.64. The fraction of sp³-hybridized carbons (Fsp3) is 0.200. The van der Waals surface area contributed by atoms with E-state index >= 15 is 0 Å². The summed E-state index contributed by atoms with van der Waals surface area (Å²) >= 11 is 0. The van der Waals surface area contributed by atoms with Gasteiger partial charge in [0.2, 0.25) is 0 Å². The van der Waals surface area contributed by atoms with Gasteiger partial charge < -0.3 is 19.4 Å². The Bertz CT molecular complexity index is 1020. The average Bonchev–Trinajstić information content (AvgIpc) is 2.65. The first-order valence-corrected chi connectivity index (χ1v) is 8.13. The second kappa shape index (κ2) is 7.31. The van der Waals surface area contributed by atoms with E-state index in [2.05, 4.69) is 16.0 Å². The average molecular weight is 351 g/mol. The second-order valence-corrected chi connectivity index (χ2v) is 6.00. The minimum absolute atomic E-state index is 0.224. The number of methoxy groups -OCH3 is 2. The van der Waals surface area contributed by atoms with E-state index in [1.807, 2.05) is 43.3 Å². The van der Waals surface area contributed by atoms with E-state index in [0.29, 0.717) is 28.2 Å². The number of anilines is 1. The number of aromatic amines is 1. The summed E-state index contributed by atoms with van der Waals surface area (Å²) < 4.78 is 10.5. The lowest BCUT2D eigenvalue weighted by atomic mass is 10.1. The summed E-state index contributed by atoms with van der Waals surface area (Å²) in [5.74, 6) is 1.51. The molecule has 0 saturated heterocycles. The highest BCUT2D eigenvalue weighted by Crippen LogP contribution is 2.30. The van der Waals surface area contributed by atoms with Gasteiger partial charge in [-0.2, -0.15) is 0 Å². The molecule has 0 atom stereocenters. The first kappa shape index (κ1) is 17.5. The molecule has 0 aliphatic heterocycles. The van der Waals surface area contributed by atoms with Gasteiger partial charge in [0, 0.05) is 25.8 Å². The Hall–Kier alpha value is -3.28. The van der Waals surface area contributed by atoms with Crippen molar-refractivity contribution in [2.45, 2.75) is 0 Å². The van der Waals surface area contributed by atoms with Crippen LogP contribution in [0.2, 0.25) is 0 Å². The first-order chi connectivity index (χ1) is 12.5. The van der Waals surface area contributed by atoms with E-state index in [0.717, 1.165) is 11.3 Å². The van der Waals surface area contributed by atoms with Crippen LogP contribution in [0.5, 0.6) is 11.5 Å². The zero-order valence-electron chi connectivity index (χ0n) is 15.2. The van der Waals surface area contributed by atoms with Gasteiger partial charge in [-0.15, -0.1) is 0 Å². The van der Waals surface area contributed by atoms with E-state index in [-0.39, 0.29) is 5.56 Å². The standard InChI is InChI=1S/C20H21N3O3/c1-23(2)14-7-5-6-13(10-14)8-9-19-21-16-12-18(26-4)17(25-3)11-15(16)20(24)22-19/h5-12H,1-4H3,(H,21,22,24)/b9-8+. The molecule has 1 heterocycles. The Labute approximate surface area is 151 Å². The van der Waals surface area contributed by atoms with Crippen LogP contribution in [0.15, 0.2) is 41.2 Å². The number of hydrogen-bond acceptors (Lipinski definition) is 5. The van der Waals surface area contributed by atoms with Crippen molar-refractivity contribution in [3.8, 4) is 11.5 Å². The molecule has 1 N–H and O–H groups in total. The molecule has 0 aliphatic carbocycles. The topological polar surface area (TPSA) is 67.5 Å². The highest BCUT2D eigenvalue weighted by molar-refractivity contribution is 5.83. The molecule has 0 amide bonds. The fourth-order valence-corrected chi connectivity index (χ4v) is 2.64. The van der Waals surface area contributed by atoms with Crippen LogP contribution >= 0.6 is 0 Å². The van der Waals surface area contributed by atoms with Crippen LogP contribution in [0.25, 0.3) is 23.1 Å². The number of nitrogens with one attached hydrogen (secondary N) is 1. The van der Waals surface area contributed by atoms with Crippen molar-refractivity contribution in [3.05, 3.63) is 58.1 Å². The van der Waals surface area contributed by atoms with E-state index in [1.165, 1.54) is 7.11 Å². The van der Waals surface area contributed by atoms with Crippen LogP contribution in [0.4, 0.5) is 5.69 Å². The van der Waals surface area contributed by atoms with Crippen LogP contribution in [0.1, 0.15) is 11.4 Å². The molecule has 0 radical (unpaired) electrons. The monoisotopic (exact) mass is 351 g/mol. The van der Waals surface area contributed by atoms with Gasteiger partial charge in [0.15, 0.2) is 11.5 Å². The van der Waals surface area contributed by atoms with Crippen LogP contribution in [0.3, 0.4) is 0 Å². The molecule has 6 heteroatoms. The van der Waals surface area contributed by atoms with E-state index in [9.17, 15) is 4.79 Å². The van der Waals surface area contributed by atoms with Crippen molar-refractivity contribution in [1.29, 1.82) is 0 Å². The van der Waals surface area contributed by atoms with Gasteiger partial charge in [0.1, 0.15) is 5.82 Å². The number of ether oxygens (including phenoxy) is 2. The Morgan fingerprint density at radius 3 is 2.46 bits per heavy atom. The predicted molar refractivity (Wildman–Crippen MR) is 105 cm³/mol. The minimum Gasteiger partial charge on any atom is -0.493 e. The Morgan fingerprint density at radius 1 is 1.04 bits per heavy atom. The van der Waals surface area contributed by atoms with Crippen LogP contribution < -0.4 is 19.9 Å². The normalized spacial score (nSPS) is 11.1. The summed E-state index contributed by atoms with van der Waals surface area (Å²) in [5.41, 5.74) is 2.45. The molecule has 2 aromatic carbocycles. The highest BCUT2D eigenvalue weighted by atomic mass is 16.5. The number of fused-ring (bicyclic) bond motifs is 1. The smallest absolute Gasteiger partial charge is 0.259 e. The zero-order chi connectivity index (χ0) is 18.7. The summed E-state index contributed by atoms with van der Waals surface area (Å²) in [5, 5.41) is 0.453. The van der Waals surface area contributed by atoms with Crippen LogP contribution in [-0.4, -0.2) is 38.3 Å². The van der Waals surface area contributed by atoms with Crippen molar-refractivity contribution < 1.29 is 9.47 Å². The van der Waals surface area contributed by atoms with Gasteiger partial charge in [-0.25, -0.2) is 4.98 Å². The lowest BCUT2D eigenvalue weighted by Gasteiger charge is -2.12. The third-order valence-corrected chi connectivity index (χ3v) is 4.05. The summed E-state index contributed by atoms with van der Waals surface area (Å²) in [7, 11) is 7.07. The molecule has 134 valence electrons. The first-order valence-electron chi connectivity index (χ1n) is 8.13. The molecule has 3 rings (SSSR count). The molecule has 0 spiro atoms. The molecule has 0 aliphatic rings. The number of benzene rings is 2. The molecular formula is C20H21N3O3. The Kier molecular flexibility index (Phi) is 4.93. The largest absolute Gasteiger partial charge is 0.493 e. The molecule has 1 aromatic heterocycles. The second-order valence-electron chi connectivity index (χ2n) is 6.00. The molecule has 6 nitrogen and oxygen atoms in total. The van der Waals surface area contributed by atoms with E-state index in [1.54, 1.807) is 25.3 Å². The van der Waals surface area contributed by atoms with Gasteiger partial charge in [-0.3, -0.25) is 4.79 Å². The maximum absolute atomic E-state index is 12.4. The van der Waals surface area contributed by atoms with Gasteiger partial charge in [0.25, 0.3) is 5.56 Å². The SMILES string of the molecule is COc1cc2nc(/C=C/c3cccc(N(C)C)c3)[nH]c(=O)c2cc1OC. The number of aromatic nitrogens is 2. The van der Waals surface area contributed by atoms with Gasteiger partial charge in [-0.1, -0.05) is 18.2 Å². The molecule has 3 aromatic rings. The van der Waals surface area contributed by atoms with E-state index in [4.69, 9.17) is 9.47 Å².